The third-order valence-electron chi connectivity index (χ3n) is 5.41. The smallest absolute Gasteiger partial charge is 0.246 e. The lowest BCUT2D eigenvalue weighted by atomic mass is 10.0. The fourth-order valence-corrected chi connectivity index (χ4v) is 5.65. The summed E-state index contributed by atoms with van der Waals surface area (Å²) in [5.74, 6) is -0.343. The van der Waals surface area contributed by atoms with Crippen LogP contribution >= 0.6 is 11.6 Å². The van der Waals surface area contributed by atoms with Crippen LogP contribution in [0.5, 0.6) is 0 Å². The Hall–Kier alpha value is -1.97. The molecule has 164 valence electrons. The van der Waals surface area contributed by atoms with E-state index >= 15 is 0 Å². The van der Waals surface area contributed by atoms with Crippen LogP contribution in [0.2, 0.25) is 5.02 Å². The minimum absolute atomic E-state index is 0.0756. The Morgan fingerprint density at radius 2 is 1.97 bits per heavy atom. The average molecular weight is 457 g/mol. The molecule has 1 saturated heterocycles. The quantitative estimate of drug-likeness (QED) is 0.717. The molecule has 3 rings (SSSR count). The Morgan fingerprint density at radius 1 is 1.30 bits per heavy atom. The van der Waals surface area contributed by atoms with Crippen molar-refractivity contribution in [2.75, 3.05) is 18.4 Å². The van der Waals surface area contributed by atoms with Gasteiger partial charge < -0.3 is 5.32 Å². The minimum Gasteiger partial charge on any atom is -0.326 e. The lowest BCUT2D eigenvalue weighted by Gasteiger charge is -2.29. The largest absolute Gasteiger partial charge is 0.326 e. The van der Waals surface area contributed by atoms with Crippen LogP contribution < -0.4 is 5.32 Å². The molecule has 10 heteroatoms. The van der Waals surface area contributed by atoms with Crippen molar-refractivity contribution in [1.82, 2.24) is 14.1 Å². The normalized spacial score (nSPS) is 16.0. The maximum atomic E-state index is 13.2. The maximum absolute atomic E-state index is 13.2. The van der Waals surface area contributed by atoms with Crippen LogP contribution in [-0.2, 0) is 21.4 Å². The van der Waals surface area contributed by atoms with E-state index in [0.29, 0.717) is 36.1 Å². The van der Waals surface area contributed by atoms with Gasteiger partial charge in [-0.25, -0.2) is 12.8 Å². The van der Waals surface area contributed by atoms with Gasteiger partial charge in [0.25, 0.3) is 0 Å². The van der Waals surface area contributed by atoms with Gasteiger partial charge in [0.2, 0.25) is 15.9 Å². The SMILES string of the molecule is Cc1nn(CCC(=O)Nc2ccc(F)c(Cl)c2)c(C)c1S(=O)(=O)N1CCC(C)CC1. The number of halogens is 2. The number of aryl methyl sites for hydroxylation is 2. The molecule has 0 bridgehead atoms. The molecular formula is C20H26ClFN4O3S. The van der Waals surface area contributed by atoms with Gasteiger partial charge in [-0.3, -0.25) is 9.48 Å². The first-order valence-corrected chi connectivity index (χ1v) is 11.7. The maximum Gasteiger partial charge on any atom is 0.246 e. The standard InChI is InChI=1S/C20H26ClFN4O3S/c1-13-6-9-25(10-7-13)30(28,29)20-14(2)24-26(15(20)3)11-8-19(27)23-16-4-5-18(22)17(21)12-16/h4-5,12-13H,6-11H2,1-3H3,(H,23,27). The Bertz CT molecular complexity index is 1050. The van der Waals surface area contributed by atoms with Gasteiger partial charge in [-0.1, -0.05) is 18.5 Å². The highest BCUT2D eigenvalue weighted by Gasteiger charge is 2.33. The lowest BCUT2D eigenvalue weighted by Crippen LogP contribution is -2.38. The van der Waals surface area contributed by atoms with E-state index in [2.05, 4.69) is 17.3 Å². The number of amides is 1. The van der Waals surface area contributed by atoms with Gasteiger partial charge in [-0.05, 0) is 50.8 Å². The highest BCUT2D eigenvalue weighted by Crippen LogP contribution is 2.27. The van der Waals surface area contributed by atoms with Crippen molar-refractivity contribution in [1.29, 1.82) is 0 Å². The van der Waals surface area contributed by atoms with Gasteiger partial charge in [0.05, 0.1) is 23.0 Å². The van der Waals surface area contributed by atoms with Crippen molar-refractivity contribution in [3.05, 3.63) is 40.4 Å². The fraction of sp³-hybridized carbons (Fsp3) is 0.500. The van der Waals surface area contributed by atoms with E-state index < -0.39 is 15.8 Å². The second kappa shape index (κ2) is 9.03. The zero-order valence-electron chi connectivity index (χ0n) is 17.3. The molecule has 1 aliphatic heterocycles. The van der Waals surface area contributed by atoms with E-state index in [4.69, 9.17) is 11.6 Å². The molecule has 1 aromatic heterocycles. The monoisotopic (exact) mass is 456 g/mol. The minimum atomic E-state index is -3.62. The number of piperidine rings is 1. The van der Waals surface area contributed by atoms with Gasteiger partial charge in [-0.2, -0.15) is 9.40 Å². The molecule has 1 aromatic carbocycles. The number of hydrogen-bond donors (Lipinski definition) is 1. The summed E-state index contributed by atoms with van der Waals surface area (Å²) in [6.45, 7) is 6.75. The number of carbonyl (C=O) groups excluding carboxylic acids is 1. The molecular weight excluding hydrogens is 431 g/mol. The molecule has 0 spiro atoms. The van der Waals surface area contributed by atoms with E-state index in [1.807, 2.05) is 0 Å². The van der Waals surface area contributed by atoms with E-state index in [0.717, 1.165) is 12.8 Å². The summed E-state index contributed by atoms with van der Waals surface area (Å²) in [4.78, 5) is 12.5. The molecule has 1 amide bonds. The summed E-state index contributed by atoms with van der Waals surface area (Å²) in [7, 11) is -3.62. The van der Waals surface area contributed by atoms with Gasteiger partial charge in [0.15, 0.2) is 0 Å². The molecule has 30 heavy (non-hydrogen) atoms. The first-order valence-electron chi connectivity index (χ1n) is 9.88. The molecule has 1 fully saturated rings. The molecule has 0 aliphatic carbocycles. The number of sulfonamides is 1. The summed E-state index contributed by atoms with van der Waals surface area (Å²) >= 11 is 5.72. The average Bonchev–Trinajstić information content (AvgIpc) is 2.97. The predicted molar refractivity (Wildman–Crippen MR) is 114 cm³/mol. The molecule has 2 heterocycles. The highest BCUT2D eigenvalue weighted by atomic mass is 35.5. The second-order valence-corrected chi connectivity index (χ2v) is 10.0. The molecule has 7 nitrogen and oxygen atoms in total. The molecule has 0 saturated carbocycles. The lowest BCUT2D eigenvalue weighted by molar-refractivity contribution is -0.116. The third-order valence-corrected chi connectivity index (χ3v) is 7.85. The number of nitrogens with one attached hydrogen (secondary N) is 1. The predicted octanol–water partition coefficient (Wildman–Crippen LogP) is 3.74. The number of anilines is 1. The highest BCUT2D eigenvalue weighted by molar-refractivity contribution is 7.89. The van der Waals surface area contributed by atoms with E-state index in [-0.39, 0.29) is 28.8 Å². The van der Waals surface area contributed by atoms with Gasteiger partial charge in [0.1, 0.15) is 10.7 Å². The Balaban J connectivity index is 1.69. The van der Waals surface area contributed by atoms with Crippen LogP contribution in [0, 0.1) is 25.6 Å². The summed E-state index contributed by atoms with van der Waals surface area (Å²) in [6, 6.07) is 3.94. The van der Waals surface area contributed by atoms with Crippen LogP contribution in [0.4, 0.5) is 10.1 Å². The summed E-state index contributed by atoms with van der Waals surface area (Å²) in [5, 5.41) is 6.92. The number of nitrogens with zero attached hydrogens (tertiary/aromatic N) is 3. The van der Waals surface area contributed by atoms with Crippen LogP contribution in [-0.4, -0.2) is 41.5 Å². The Morgan fingerprint density at radius 3 is 2.60 bits per heavy atom. The third kappa shape index (κ3) is 4.84. The number of aromatic nitrogens is 2. The molecule has 1 N–H and O–H groups in total. The van der Waals surface area contributed by atoms with Crippen LogP contribution in [0.25, 0.3) is 0 Å². The zero-order valence-corrected chi connectivity index (χ0v) is 18.9. The number of benzene rings is 1. The van der Waals surface area contributed by atoms with Crippen molar-refractivity contribution in [2.45, 2.75) is 51.5 Å². The molecule has 1 aliphatic rings. The van der Waals surface area contributed by atoms with Crippen molar-refractivity contribution >= 4 is 33.2 Å². The van der Waals surface area contributed by atoms with Gasteiger partial charge in [-0.15, -0.1) is 0 Å². The first kappa shape index (κ1) is 22.7. The van der Waals surface area contributed by atoms with E-state index in [1.54, 1.807) is 18.5 Å². The van der Waals surface area contributed by atoms with Crippen molar-refractivity contribution in [2.24, 2.45) is 5.92 Å². The number of rotatable bonds is 6. The first-order chi connectivity index (χ1) is 14.1. The van der Waals surface area contributed by atoms with Gasteiger partial charge in [0, 0.05) is 25.2 Å². The van der Waals surface area contributed by atoms with Crippen LogP contribution in [0.3, 0.4) is 0 Å². The van der Waals surface area contributed by atoms with E-state index in [1.165, 1.54) is 22.5 Å². The summed E-state index contributed by atoms with van der Waals surface area (Å²) in [5.41, 5.74) is 1.34. The molecule has 0 radical (unpaired) electrons. The van der Waals surface area contributed by atoms with Crippen molar-refractivity contribution in [3.8, 4) is 0 Å². The number of hydrogen-bond acceptors (Lipinski definition) is 4. The zero-order chi connectivity index (χ0) is 22.1. The Kier molecular flexibility index (Phi) is 6.84. The fourth-order valence-electron chi connectivity index (χ4n) is 3.63. The molecule has 2 aromatic rings. The topological polar surface area (TPSA) is 84.3 Å². The van der Waals surface area contributed by atoms with Crippen molar-refractivity contribution < 1.29 is 17.6 Å². The summed E-state index contributed by atoms with van der Waals surface area (Å²) in [6.07, 6.45) is 1.77. The number of carbonyl (C=O) groups is 1. The van der Waals surface area contributed by atoms with E-state index in [9.17, 15) is 17.6 Å². The molecule has 0 atom stereocenters. The van der Waals surface area contributed by atoms with Crippen LogP contribution in [0.1, 0.15) is 37.6 Å². The van der Waals surface area contributed by atoms with Gasteiger partial charge >= 0.3 is 0 Å². The van der Waals surface area contributed by atoms with Crippen molar-refractivity contribution in [3.63, 3.8) is 0 Å². The van der Waals surface area contributed by atoms with Crippen LogP contribution in [0.15, 0.2) is 23.1 Å². The second-order valence-electron chi connectivity index (χ2n) is 7.74. The molecule has 0 unspecified atom stereocenters. The Labute approximate surface area is 181 Å². The summed E-state index contributed by atoms with van der Waals surface area (Å²) < 4.78 is 42.6.